The summed E-state index contributed by atoms with van der Waals surface area (Å²) in [5.74, 6) is -0.686. The summed E-state index contributed by atoms with van der Waals surface area (Å²) in [6.45, 7) is 3.45. The van der Waals surface area contributed by atoms with Gasteiger partial charge in [0.25, 0.3) is 5.97 Å². The van der Waals surface area contributed by atoms with E-state index in [4.69, 9.17) is 9.90 Å². The van der Waals surface area contributed by atoms with Crippen LogP contribution in [0, 0.1) is 0 Å². The van der Waals surface area contributed by atoms with Gasteiger partial charge in [0.1, 0.15) is 0 Å². The second kappa shape index (κ2) is 21.4. The molecule has 0 spiro atoms. The Hall–Kier alpha value is -1.67. The lowest BCUT2D eigenvalue weighted by Gasteiger charge is -2.06. The number of hydrogen-bond donors (Lipinski definition) is 5. The molecule has 0 fully saturated rings. The van der Waals surface area contributed by atoms with Gasteiger partial charge < -0.3 is 26.4 Å². The summed E-state index contributed by atoms with van der Waals surface area (Å²) in [6.07, 6.45) is 9.48. The summed E-state index contributed by atoms with van der Waals surface area (Å²) in [7, 11) is 3.55. The number of nitrogens with one attached hydrogen (secondary N) is 4. The van der Waals surface area contributed by atoms with Crippen LogP contribution in [-0.2, 0) is 14.4 Å². The van der Waals surface area contributed by atoms with Crippen molar-refractivity contribution < 1.29 is 19.5 Å². The molecule has 8 heteroatoms. The topological polar surface area (TPSA) is 120 Å². The molecule has 0 aromatic rings. The van der Waals surface area contributed by atoms with Crippen molar-refractivity contribution in [2.45, 2.75) is 58.3 Å². The van der Waals surface area contributed by atoms with Gasteiger partial charge in [-0.1, -0.05) is 38.5 Å². The third kappa shape index (κ3) is 27.2. The van der Waals surface area contributed by atoms with Crippen molar-refractivity contribution in [2.24, 2.45) is 0 Å². The SMILES string of the molecule is CC(=O)O.CNCC(=O)NCCCCCCCCCCNC(=O)CNC. The molecular weight excluding hydrogens is 336 g/mol. The highest BCUT2D eigenvalue weighted by molar-refractivity contribution is 5.78. The summed E-state index contributed by atoms with van der Waals surface area (Å²) < 4.78 is 0. The molecule has 0 atom stereocenters. The van der Waals surface area contributed by atoms with Crippen LogP contribution in [0.5, 0.6) is 0 Å². The van der Waals surface area contributed by atoms with Crippen LogP contribution < -0.4 is 21.3 Å². The van der Waals surface area contributed by atoms with E-state index >= 15 is 0 Å². The normalized spacial score (nSPS) is 9.81. The van der Waals surface area contributed by atoms with Crippen molar-refractivity contribution in [2.75, 3.05) is 40.3 Å². The highest BCUT2D eigenvalue weighted by atomic mass is 16.4. The molecule has 0 unspecified atom stereocenters. The first kappa shape index (κ1) is 26.6. The molecule has 0 heterocycles. The van der Waals surface area contributed by atoms with Crippen molar-refractivity contribution in [3.05, 3.63) is 0 Å². The fourth-order valence-electron chi connectivity index (χ4n) is 2.21. The van der Waals surface area contributed by atoms with Gasteiger partial charge in [-0.25, -0.2) is 0 Å². The predicted octanol–water partition coefficient (Wildman–Crippen LogP) is 0.869. The minimum absolute atomic E-state index is 0.0734. The minimum atomic E-state index is -0.833. The lowest BCUT2D eigenvalue weighted by atomic mass is 10.1. The summed E-state index contributed by atoms with van der Waals surface area (Å²) in [5, 5.41) is 18.9. The fraction of sp³-hybridized carbons (Fsp3) is 0.833. The van der Waals surface area contributed by atoms with Crippen molar-refractivity contribution in [3.8, 4) is 0 Å². The third-order valence-corrected chi connectivity index (χ3v) is 3.42. The molecule has 0 saturated carbocycles. The average Bonchev–Trinajstić information content (AvgIpc) is 2.56. The van der Waals surface area contributed by atoms with Crippen LogP contribution in [0.15, 0.2) is 0 Å². The molecule has 154 valence electrons. The van der Waals surface area contributed by atoms with E-state index in [1.54, 1.807) is 14.1 Å². The highest BCUT2D eigenvalue weighted by Gasteiger charge is 1.98. The van der Waals surface area contributed by atoms with Crippen molar-refractivity contribution in [1.82, 2.24) is 21.3 Å². The first-order chi connectivity index (χ1) is 12.4. The molecular formula is C18H38N4O4. The maximum absolute atomic E-state index is 11.2. The predicted molar refractivity (Wildman–Crippen MR) is 104 cm³/mol. The number of carboxylic acids is 1. The third-order valence-electron chi connectivity index (χ3n) is 3.42. The van der Waals surface area contributed by atoms with Crippen molar-refractivity contribution >= 4 is 17.8 Å². The van der Waals surface area contributed by atoms with E-state index in [-0.39, 0.29) is 11.8 Å². The molecule has 0 bridgehead atoms. The first-order valence-corrected chi connectivity index (χ1v) is 9.46. The van der Waals surface area contributed by atoms with Crippen LogP contribution in [0.2, 0.25) is 0 Å². The number of likely N-dealkylation sites (N-methyl/N-ethyl adjacent to an activating group) is 2. The molecule has 26 heavy (non-hydrogen) atoms. The number of rotatable bonds is 15. The molecule has 0 aromatic heterocycles. The van der Waals surface area contributed by atoms with E-state index in [1.165, 1.54) is 38.5 Å². The van der Waals surface area contributed by atoms with Gasteiger partial charge in [0.2, 0.25) is 11.8 Å². The number of unbranched alkanes of at least 4 members (excludes halogenated alkanes) is 7. The van der Waals surface area contributed by atoms with Gasteiger partial charge in [0, 0.05) is 20.0 Å². The summed E-state index contributed by atoms with van der Waals surface area (Å²) in [4.78, 5) is 31.4. The summed E-state index contributed by atoms with van der Waals surface area (Å²) in [5.41, 5.74) is 0. The molecule has 0 aliphatic rings. The largest absolute Gasteiger partial charge is 0.481 e. The lowest BCUT2D eigenvalue weighted by molar-refractivity contribution is -0.134. The van der Waals surface area contributed by atoms with E-state index < -0.39 is 5.97 Å². The van der Waals surface area contributed by atoms with Gasteiger partial charge >= 0.3 is 0 Å². The summed E-state index contributed by atoms with van der Waals surface area (Å²) in [6, 6.07) is 0. The number of aliphatic carboxylic acids is 1. The van der Waals surface area contributed by atoms with Crippen LogP contribution in [0.3, 0.4) is 0 Å². The maximum atomic E-state index is 11.2. The molecule has 5 N–H and O–H groups in total. The monoisotopic (exact) mass is 374 g/mol. The molecule has 8 nitrogen and oxygen atoms in total. The van der Waals surface area contributed by atoms with E-state index in [1.807, 2.05) is 0 Å². The second-order valence-corrected chi connectivity index (χ2v) is 6.11. The van der Waals surface area contributed by atoms with E-state index in [9.17, 15) is 9.59 Å². The van der Waals surface area contributed by atoms with Gasteiger partial charge in [-0.15, -0.1) is 0 Å². The van der Waals surface area contributed by atoms with E-state index in [0.717, 1.165) is 32.9 Å². The molecule has 2 amide bonds. The van der Waals surface area contributed by atoms with Gasteiger partial charge in [0.05, 0.1) is 13.1 Å². The quantitative estimate of drug-likeness (QED) is 0.271. The minimum Gasteiger partial charge on any atom is -0.481 e. The Morgan fingerprint density at radius 1 is 0.654 bits per heavy atom. The Morgan fingerprint density at radius 2 is 0.923 bits per heavy atom. The van der Waals surface area contributed by atoms with Crippen LogP contribution in [0.1, 0.15) is 58.3 Å². The standard InChI is InChI=1S/C16H34N4O2.C2H4O2/c1-17-13-15(21)19-11-9-7-5-3-4-6-8-10-12-20-16(22)14-18-2;1-2(3)4/h17-18H,3-14H2,1-2H3,(H,19,21)(H,20,22);1H3,(H,3,4). The number of carbonyl (C=O) groups is 3. The molecule has 0 aromatic carbocycles. The average molecular weight is 375 g/mol. The number of hydrogen-bond acceptors (Lipinski definition) is 5. The Morgan fingerprint density at radius 3 is 1.19 bits per heavy atom. The van der Waals surface area contributed by atoms with Crippen LogP contribution >= 0.6 is 0 Å². The summed E-state index contributed by atoms with van der Waals surface area (Å²) >= 11 is 0. The number of carbonyl (C=O) groups excluding carboxylic acids is 2. The molecule has 0 rings (SSSR count). The molecule has 0 aliphatic heterocycles. The molecule has 0 radical (unpaired) electrons. The first-order valence-electron chi connectivity index (χ1n) is 9.46. The smallest absolute Gasteiger partial charge is 0.300 e. The Kier molecular flexibility index (Phi) is 21.8. The highest BCUT2D eigenvalue weighted by Crippen LogP contribution is 2.07. The van der Waals surface area contributed by atoms with E-state index in [2.05, 4.69) is 21.3 Å². The second-order valence-electron chi connectivity index (χ2n) is 6.11. The van der Waals surface area contributed by atoms with Gasteiger partial charge in [0.15, 0.2) is 0 Å². The van der Waals surface area contributed by atoms with Crippen molar-refractivity contribution in [1.29, 1.82) is 0 Å². The zero-order valence-corrected chi connectivity index (χ0v) is 16.7. The van der Waals surface area contributed by atoms with Gasteiger partial charge in [-0.3, -0.25) is 14.4 Å². The molecule has 0 saturated heterocycles. The Balaban J connectivity index is 0. The van der Waals surface area contributed by atoms with Crippen molar-refractivity contribution in [3.63, 3.8) is 0 Å². The van der Waals surface area contributed by atoms with Crippen LogP contribution in [-0.4, -0.2) is 63.2 Å². The Bertz CT molecular complexity index is 333. The fourth-order valence-corrected chi connectivity index (χ4v) is 2.21. The lowest BCUT2D eigenvalue weighted by Crippen LogP contribution is -2.32. The van der Waals surface area contributed by atoms with Crippen LogP contribution in [0.4, 0.5) is 0 Å². The van der Waals surface area contributed by atoms with Gasteiger partial charge in [-0.05, 0) is 26.9 Å². The molecule has 0 aliphatic carbocycles. The Labute approximate surface area is 157 Å². The number of carboxylic acid groups (broad SMARTS) is 1. The van der Waals surface area contributed by atoms with Gasteiger partial charge in [-0.2, -0.15) is 0 Å². The zero-order valence-electron chi connectivity index (χ0n) is 16.7. The maximum Gasteiger partial charge on any atom is 0.300 e. The van der Waals surface area contributed by atoms with Crippen LogP contribution in [0.25, 0.3) is 0 Å². The van der Waals surface area contributed by atoms with E-state index in [0.29, 0.717) is 13.1 Å². The number of amides is 2. The zero-order chi connectivity index (χ0) is 20.0.